The Morgan fingerprint density at radius 3 is 2.21 bits per heavy atom. The van der Waals surface area contributed by atoms with Crippen LogP contribution in [0.5, 0.6) is 5.75 Å². The van der Waals surface area contributed by atoms with Crippen LogP contribution in [-0.4, -0.2) is 45.6 Å². The molecule has 4 rings (SSSR count). The summed E-state index contributed by atoms with van der Waals surface area (Å²) >= 11 is 0. The summed E-state index contributed by atoms with van der Waals surface area (Å²) in [6, 6.07) is 19.1. The minimum absolute atomic E-state index is 0.0694. The number of nitro groups is 1. The van der Waals surface area contributed by atoms with Crippen LogP contribution in [0.15, 0.2) is 66.7 Å². The molecule has 0 heterocycles. The number of phenols is 1. The molecule has 0 radical (unpaired) electrons. The Labute approximate surface area is 189 Å². The van der Waals surface area contributed by atoms with Crippen molar-refractivity contribution >= 4 is 11.8 Å². The molecule has 0 saturated carbocycles. The van der Waals surface area contributed by atoms with Gasteiger partial charge in [0.05, 0.1) is 4.92 Å². The number of nitrogens with zero attached hydrogens (tertiary/aromatic N) is 1. The first-order valence-electron chi connectivity index (χ1n) is 10.3. The number of aromatic hydroxyl groups is 1. The Bertz CT molecular complexity index is 1150. The number of hydrogen-bond donors (Lipinski definition) is 4. The number of phenolic OH excluding ortho intramolecular Hbond substituents is 1. The number of nitrogens with one attached hydrogen (secondary N) is 1. The van der Waals surface area contributed by atoms with Gasteiger partial charge in [-0.2, -0.15) is 0 Å². The van der Waals surface area contributed by atoms with Gasteiger partial charge in [-0.3, -0.25) is 10.1 Å². The zero-order valence-electron chi connectivity index (χ0n) is 17.4. The van der Waals surface area contributed by atoms with Crippen LogP contribution in [0.25, 0.3) is 11.1 Å². The van der Waals surface area contributed by atoms with Crippen molar-refractivity contribution in [2.45, 2.75) is 18.1 Å². The first-order valence-corrected chi connectivity index (χ1v) is 10.3. The molecule has 4 N–H and O–H groups in total. The first kappa shape index (κ1) is 22.3. The van der Waals surface area contributed by atoms with Gasteiger partial charge in [0.1, 0.15) is 18.8 Å². The van der Waals surface area contributed by atoms with E-state index in [0.717, 1.165) is 34.4 Å². The lowest BCUT2D eigenvalue weighted by Crippen LogP contribution is -2.36. The maximum Gasteiger partial charge on any atom is 0.407 e. The number of nitro benzene ring substituents is 1. The van der Waals surface area contributed by atoms with E-state index in [0.29, 0.717) is 0 Å². The number of carbonyl (C=O) groups excluding carboxylic acids is 1. The van der Waals surface area contributed by atoms with Crippen LogP contribution in [0.1, 0.15) is 28.7 Å². The number of alkyl carbamates (subject to hydrolysis) is 1. The van der Waals surface area contributed by atoms with Crippen LogP contribution in [-0.2, 0) is 4.74 Å². The Kier molecular flexibility index (Phi) is 6.25. The number of aliphatic hydroxyl groups is 2. The van der Waals surface area contributed by atoms with Gasteiger partial charge in [-0.25, -0.2) is 4.79 Å². The normalized spacial score (nSPS) is 14.1. The van der Waals surface area contributed by atoms with Gasteiger partial charge in [0.25, 0.3) is 0 Å². The number of hydrogen-bond acceptors (Lipinski definition) is 7. The second-order valence-corrected chi connectivity index (χ2v) is 7.72. The van der Waals surface area contributed by atoms with Crippen LogP contribution in [0, 0.1) is 10.1 Å². The van der Waals surface area contributed by atoms with E-state index in [4.69, 9.17) is 4.74 Å². The van der Waals surface area contributed by atoms with Crippen LogP contribution in [0.4, 0.5) is 10.5 Å². The van der Waals surface area contributed by atoms with Gasteiger partial charge in [-0.05, 0) is 39.9 Å². The highest BCUT2D eigenvalue weighted by Gasteiger charge is 2.29. The van der Waals surface area contributed by atoms with Crippen molar-refractivity contribution in [3.05, 3.63) is 93.5 Å². The predicted molar refractivity (Wildman–Crippen MR) is 119 cm³/mol. The second kappa shape index (κ2) is 9.27. The molecule has 1 aliphatic rings. The fourth-order valence-corrected chi connectivity index (χ4v) is 4.05. The Morgan fingerprint density at radius 1 is 1.03 bits per heavy atom. The molecule has 1 amide bonds. The lowest BCUT2D eigenvalue weighted by Gasteiger charge is -2.19. The van der Waals surface area contributed by atoms with E-state index in [1.165, 1.54) is 6.07 Å². The molecule has 3 aromatic rings. The molecule has 2 unspecified atom stereocenters. The molecule has 2 atom stereocenters. The van der Waals surface area contributed by atoms with E-state index in [-0.39, 0.29) is 24.6 Å². The predicted octanol–water partition coefficient (Wildman–Crippen LogP) is 3.23. The number of carbonyl (C=O) groups is 1. The number of rotatable bonds is 7. The third-order valence-electron chi connectivity index (χ3n) is 5.70. The van der Waals surface area contributed by atoms with Crippen molar-refractivity contribution in [1.82, 2.24) is 5.32 Å². The number of benzene rings is 3. The Hall–Kier alpha value is -3.95. The highest BCUT2D eigenvalue weighted by molar-refractivity contribution is 5.79. The third-order valence-corrected chi connectivity index (χ3v) is 5.70. The first-order chi connectivity index (χ1) is 15.9. The number of fused-ring (bicyclic) bond motifs is 3. The van der Waals surface area contributed by atoms with Crippen LogP contribution in [0.2, 0.25) is 0 Å². The molecule has 0 aromatic heterocycles. The summed E-state index contributed by atoms with van der Waals surface area (Å²) in [6.45, 7) is -0.218. The molecule has 0 fully saturated rings. The highest BCUT2D eigenvalue weighted by Crippen LogP contribution is 2.44. The van der Waals surface area contributed by atoms with E-state index in [2.05, 4.69) is 5.32 Å². The summed E-state index contributed by atoms with van der Waals surface area (Å²) in [4.78, 5) is 22.2. The van der Waals surface area contributed by atoms with E-state index >= 15 is 0 Å². The molecule has 0 bridgehead atoms. The molecular formula is C24H22N2O7. The average molecular weight is 450 g/mol. The quantitative estimate of drug-likeness (QED) is 0.320. The fourth-order valence-electron chi connectivity index (χ4n) is 4.05. The molecule has 9 heteroatoms. The van der Waals surface area contributed by atoms with Crippen molar-refractivity contribution in [3.8, 4) is 16.9 Å². The lowest BCUT2D eigenvalue weighted by molar-refractivity contribution is -0.385. The lowest BCUT2D eigenvalue weighted by atomic mass is 9.98. The van der Waals surface area contributed by atoms with Crippen molar-refractivity contribution in [3.63, 3.8) is 0 Å². The Morgan fingerprint density at radius 2 is 1.64 bits per heavy atom. The molecule has 0 saturated heterocycles. The van der Waals surface area contributed by atoms with Gasteiger partial charge in [-0.15, -0.1) is 0 Å². The summed E-state index contributed by atoms with van der Waals surface area (Å²) in [7, 11) is 0. The van der Waals surface area contributed by atoms with Gasteiger partial charge in [-0.1, -0.05) is 48.5 Å². The topological polar surface area (TPSA) is 142 Å². The van der Waals surface area contributed by atoms with E-state index in [1.807, 2.05) is 48.5 Å². The zero-order valence-corrected chi connectivity index (χ0v) is 17.4. The molecule has 0 aliphatic heterocycles. The van der Waals surface area contributed by atoms with E-state index in [9.17, 15) is 30.2 Å². The summed E-state index contributed by atoms with van der Waals surface area (Å²) < 4.78 is 5.38. The standard InChI is InChI=1S/C24H22N2O7/c27-21-11-14(9-10-20(21)26(31)32)23(29)22(28)12-25-24(30)33-13-19-17-7-3-1-5-15(17)16-6-2-4-8-18(16)19/h1-11,19,22-23,27-29H,12-13H2,(H,25,30). The van der Waals surface area contributed by atoms with Gasteiger partial charge < -0.3 is 25.4 Å². The van der Waals surface area contributed by atoms with Crippen LogP contribution < -0.4 is 5.32 Å². The van der Waals surface area contributed by atoms with E-state index in [1.54, 1.807) is 0 Å². The largest absolute Gasteiger partial charge is 0.502 e. The SMILES string of the molecule is O=C(NCC(O)C(O)c1ccc([N+](=O)[O-])c(O)c1)OCC1c2ccccc2-c2ccccc21. The van der Waals surface area contributed by atoms with Crippen LogP contribution >= 0.6 is 0 Å². The van der Waals surface area contributed by atoms with Crippen molar-refractivity contribution in [2.24, 2.45) is 0 Å². The van der Waals surface area contributed by atoms with Crippen LogP contribution in [0.3, 0.4) is 0 Å². The minimum atomic E-state index is -1.48. The van der Waals surface area contributed by atoms with Gasteiger partial charge in [0.15, 0.2) is 5.75 Å². The highest BCUT2D eigenvalue weighted by atomic mass is 16.6. The van der Waals surface area contributed by atoms with Gasteiger partial charge in [0.2, 0.25) is 0 Å². The van der Waals surface area contributed by atoms with Crippen molar-refractivity contribution in [2.75, 3.05) is 13.2 Å². The molecule has 1 aliphatic carbocycles. The summed E-state index contributed by atoms with van der Waals surface area (Å²) in [6.07, 6.45) is -3.66. The van der Waals surface area contributed by atoms with Gasteiger partial charge >= 0.3 is 11.8 Å². The van der Waals surface area contributed by atoms with Crippen molar-refractivity contribution < 1.29 is 29.8 Å². The fraction of sp³-hybridized carbons (Fsp3) is 0.208. The molecule has 3 aromatic carbocycles. The molecular weight excluding hydrogens is 428 g/mol. The van der Waals surface area contributed by atoms with Gasteiger partial charge in [0, 0.05) is 18.5 Å². The zero-order chi connectivity index (χ0) is 23.5. The molecule has 170 valence electrons. The molecule has 0 spiro atoms. The maximum atomic E-state index is 12.2. The van der Waals surface area contributed by atoms with Crippen molar-refractivity contribution in [1.29, 1.82) is 0 Å². The van der Waals surface area contributed by atoms with E-state index < -0.39 is 34.7 Å². The Balaban J connectivity index is 1.34. The minimum Gasteiger partial charge on any atom is -0.502 e. The molecule has 33 heavy (non-hydrogen) atoms. The average Bonchev–Trinajstić information content (AvgIpc) is 3.14. The summed E-state index contributed by atoms with van der Waals surface area (Å²) in [5.41, 5.74) is 3.90. The smallest absolute Gasteiger partial charge is 0.407 e. The maximum absolute atomic E-state index is 12.2. The third kappa shape index (κ3) is 4.50. The number of aliphatic hydroxyl groups excluding tert-OH is 2. The monoisotopic (exact) mass is 450 g/mol. The molecule has 9 nitrogen and oxygen atoms in total. The number of ether oxygens (including phenoxy) is 1. The number of amides is 1. The summed E-state index contributed by atoms with van der Waals surface area (Å²) in [5, 5.41) is 43.3. The summed E-state index contributed by atoms with van der Waals surface area (Å²) in [5.74, 6) is -0.741. The second-order valence-electron chi connectivity index (χ2n) is 7.72.